The molecule has 3 aromatic rings. The first-order valence-corrected chi connectivity index (χ1v) is 8.48. The number of rotatable bonds is 6. The molecule has 2 aromatic heterocycles. The first-order chi connectivity index (χ1) is 12.2. The van der Waals surface area contributed by atoms with Crippen molar-refractivity contribution in [3.8, 4) is 5.69 Å². The molecule has 2 heterocycles. The van der Waals surface area contributed by atoms with Gasteiger partial charge in [-0.05, 0) is 38.1 Å². The van der Waals surface area contributed by atoms with Crippen molar-refractivity contribution in [2.24, 2.45) is 0 Å². The van der Waals surface area contributed by atoms with Crippen LogP contribution in [0.1, 0.15) is 42.5 Å². The lowest BCUT2D eigenvalue weighted by Gasteiger charge is -2.20. The van der Waals surface area contributed by atoms with Crippen molar-refractivity contribution in [3.05, 3.63) is 59.8 Å². The third-order valence-corrected chi connectivity index (χ3v) is 4.51. The Hall–Kier alpha value is -2.54. The molecule has 1 aromatic carbocycles. The van der Waals surface area contributed by atoms with Gasteiger partial charge in [0, 0.05) is 24.2 Å². The van der Waals surface area contributed by atoms with Crippen LogP contribution in [0.4, 0.5) is 4.39 Å². The Morgan fingerprint density at radius 2 is 2.20 bits per heavy atom. The number of halogens is 1. The maximum Gasteiger partial charge on any atom is 0.229 e. The van der Waals surface area contributed by atoms with Gasteiger partial charge in [0.1, 0.15) is 5.82 Å². The van der Waals surface area contributed by atoms with Crippen LogP contribution in [0.3, 0.4) is 0 Å². The highest BCUT2D eigenvalue weighted by molar-refractivity contribution is 5.31. The second-order valence-corrected chi connectivity index (χ2v) is 6.62. The molecule has 0 spiro atoms. The SMILES string of the molecule is CN(Cc1cnn(-c2cccc(F)c2)c1)Cc1noc(C2CCC2)n1. The van der Waals surface area contributed by atoms with Gasteiger partial charge in [-0.15, -0.1) is 0 Å². The van der Waals surface area contributed by atoms with E-state index in [0.717, 1.165) is 24.3 Å². The molecule has 4 rings (SSSR count). The molecule has 25 heavy (non-hydrogen) atoms. The first-order valence-electron chi connectivity index (χ1n) is 8.48. The average molecular weight is 341 g/mol. The molecule has 7 heteroatoms. The largest absolute Gasteiger partial charge is 0.339 e. The van der Waals surface area contributed by atoms with Crippen molar-refractivity contribution in [2.45, 2.75) is 38.3 Å². The minimum Gasteiger partial charge on any atom is -0.339 e. The third kappa shape index (κ3) is 3.61. The first kappa shape index (κ1) is 16.0. The van der Waals surface area contributed by atoms with Crippen molar-refractivity contribution in [2.75, 3.05) is 7.05 Å². The maximum absolute atomic E-state index is 13.3. The van der Waals surface area contributed by atoms with Crippen LogP contribution in [0.25, 0.3) is 5.69 Å². The molecule has 1 aliphatic rings. The molecule has 0 atom stereocenters. The summed E-state index contributed by atoms with van der Waals surface area (Å²) in [6.45, 7) is 1.31. The van der Waals surface area contributed by atoms with Crippen LogP contribution in [0.5, 0.6) is 0 Å². The Morgan fingerprint density at radius 3 is 2.96 bits per heavy atom. The van der Waals surface area contributed by atoms with Gasteiger partial charge < -0.3 is 4.52 Å². The molecule has 1 fully saturated rings. The molecule has 1 aliphatic carbocycles. The summed E-state index contributed by atoms with van der Waals surface area (Å²) in [6.07, 6.45) is 7.24. The lowest BCUT2D eigenvalue weighted by atomic mass is 9.85. The summed E-state index contributed by atoms with van der Waals surface area (Å²) in [4.78, 5) is 6.59. The van der Waals surface area contributed by atoms with Gasteiger partial charge >= 0.3 is 0 Å². The van der Waals surface area contributed by atoms with Crippen LogP contribution in [0.2, 0.25) is 0 Å². The van der Waals surface area contributed by atoms with Gasteiger partial charge in [-0.1, -0.05) is 17.6 Å². The zero-order valence-corrected chi connectivity index (χ0v) is 14.1. The zero-order chi connectivity index (χ0) is 17.2. The van der Waals surface area contributed by atoms with Gasteiger partial charge in [0.05, 0.1) is 18.4 Å². The summed E-state index contributed by atoms with van der Waals surface area (Å²) in [6, 6.07) is 6.38. The van der Waals surface area contributed by atoms with Gasteiger partial charge in [-0.25, -0.2) is 9.07 Å². The highest BCUT2D eigenvalue weighted by atomic mass is 19.1. The van der Waals surface area contributed by atoms with E-state index < -0.39 is 0 Å². The maximum atomic E-state index is 13.3. The van der Waals surface area contributed by atoms with Crippen molar-refractivity contribution in [1.82, 2.24) is 24.8 Å². The molecular formula is C18H20FN5O. The standard InChI is InChI=1S/C18H20FN5O/c1-23(12-17-21-18(25-22-17)14-4-2-5-14)10-13-9-20-24(11-13)16-7-3-6-15(19)8-16/h3,6-9,11,14H,2,4-5,10,12H2,1H3. The summed E-state index contributed by atoms with van der Waals surface area (Å²) < 4.78 is 20.4. The van der Waals surface area contributed by atoms with Crippen LogP contribution in [-0.4, -0.2) is 31.9 Å². The highest BCUT2D eigenvalue weighted by Crippen LogP contribution is 2.35. The lowest BCUT2D eigenvalue weighted by Crippen LogP contribution is -2.18. The number of hydrogen-bond acceptors (Lipinski definition) is 5. The molecule has 6 nitrogen and oxygen atoms in total. The summed E-state index contributed by atoms with van der Waals surface area (Å²) in [5.74, 6) is 1.66. The van der Waals surface area contributed by atoms with Crippen molar-refractivity contribution < 1.29 is 8.91 Å². The second kappa shape index (κ2) is 6.76. The Balaban J connectivity index is 1.37. The van der Waals surface area contributed by atoms with Gasteiger partial charge in [-0.2, -0.15) is 10.1 Å². The molecule has 0 N–H and O–H groups in total. The van der Waals surface area contributed by atoms with Crippen molar-refractivity contribution in [3.63, 3.8) is 0 Å². The van der Waals surface area contributed by atoms with E-state index in [9.17, 15) is 4.39 Å². The Morgan fingerprint density at radius 1 is 1.32 bits per heavy atom. The predicted molar refractivity (Wildman–Crippen MR) is 89.6 cm³/mol. The molecule has 0 amide bonds. The zero-order valence-electron chi connectivity index (χ0n) is 14.1. The van der Waals surface area contributed by atoms with Crippen LogP contribution in [0.15, 0.2) is 41.2 Å². The number of hydrogen-bond donors (Lipinski definition) is 0. The molecule has 1 saturated carbocycles. The third-order valence-electron chi connectivity index (χ3n) is 4.51. The average Bonchev–Trinajstić information content (AvgIpc) is 3.15. The predicted octanol–water partition coefficient (Wildman–Crippen LogP) is 3.29. The Bertz CT molecular complexity index is 855. The monoisotopic (exact) mass is 341 g/mol. The van der Waals surface area contributed by atoms with E-state index in [1.165, 1.54) is 18.6 Å². The van der Waals surface area contributed by atoms with Crippen LogP contribution in [0, 0.1) is 5.82 Å². The molecule has 0 unspecified atom stereocenters. The van der Waals surface area contributed by atoms with Crippen molar-refractivity contribution in [1.29, 1.82) is 0 Å². The highest BCUT2D eigenvalue weighted by Gasteiger charge is 2.25. The summed E-state index contributed by atoms with van der Waals surface area (Å²) in [7, 11) is 2.00. The van der Waals surface area contributed by atoms with Crippen LogP contribution >= 0.6 is 0 Å². The van der Waals surface area contributed by atoms with Gasteiger partial charge in [0.25, 0.3) is 0 Å². The summed E-state index contributed by atoms with van der Waals surface area (Å²) in [5.41, 5.74) is 1.74. The Kier molecular flexibility index (Phi) is 4.31. The van der Waals surface area contributed by atoms with E-state index in [4.69, 9.17) is 4.52 Å². The van der Waals surface area contributed by atoms with Crippen LogP contribution in [-0.2, 0) is 13.1 Å². The number of benzene rings is 1. The number of nitrogens with zero attached hydrogens (tertiary/aromatic N) is 5. The van der Waals surface area contributed by atoms with Crippen LogP contribution < -0.4 is 0 Å². The van der Waals surface area contributed by atoms with E-state index in [0.29, 0.717) is 30.5 Å². The van der Waals surface area contributed by atoms with E-state index >= 15 is 0 Å². The second-order valence-electron chi connectivity index (χ2n) is 6.62. The topological polar surface area (TPSA) is 60.0 Å². The lowest BCUT2D eigenvalue weighted by molar-refractivity contribution is 0.281. The molecule has 0 bridgehead atoms. The van der Waals surface area contributed by atoms with E-state index in [1.54, 1.807) is 16.9 Å². The van der Waals surface area contributed by atoms with Gasteiger partial charge in [-0.3, -0.25) is 4.90 Å². The van der Waals surface area contributed by atoms with Crippen molar-refractivity contribution >= 4 is 0 Å². The smallest absolute Gasteiger partial charge is 0.229 e. The van der Waals surface area contributed by atoms with E-state index in [1.807, 2.05) is 19.3 Å². The molecule has 0 aliphatic heterocycles. The van der Waals surface area contributed by atoms with Gasteiger partial charge in [0.2, 0.25) is 5.89 Å². The molecule has 0 saturated heterocycles. The molecular weight excluding hydrogens is 321 g/mol. The van der Waals surface area contributed by atoms with E-state index in [2.05, 4.69) is 20.1 Å². The summed E-state index contributed by atoms with van der Waals surface area (Å²) in [5, 5.41) is 8.38. The number of aromatic nitrogens is 4. The molecule has 0 radical (unpaired) electrons. The van der Waals surface area contributed by atoms with Gasteiger partial charge in [0.15, 0.2) is 5.82 Å². The fourth-order valence-electron chi connectivity index (χ4n) is 2.96. The van der Waals surface area contributed by atoms with E-state index in [-0.39, 0.29) is 5.82 Å². The quantitative estimate of drug-likeness (QED) is 0.688. The molecule has 130 valence electrons. The fraction of sp³-hybridized carbons (Fsp3) is 0.389. The Labute approximate surface area is 145 Å². The minimum atomic E-state index is -0.272. The summed E-state index contributed by atoms with van der Waals surface area (Å²) >= 11 is 0. The normalized spacial score (nSPS) is 14.8. The minimum absolute atomic E-state index is 0.272. The fourth-order valence-corrected chi connectivity index (χ4v) is 2.96.